The van der Waals surface area contributed by atoms with Crippen molar-refractivity contribution in [2.24, 2.45) is 0 Å². The van der Waals surface area contributed by atoms with Crippen LogP contribution in [0.2, 0.25) is 0 Å². The monoisotopic (exact) mass is 512 g/mol. The first kappa shape index (κ1) is 19.0. The molecule has 106 valence electrons. The van der Waals surface area contributed by atoms with Crippen molar-refractivity contribution in [3.05, 3.63) is 81.1 Å². The van der Waals surface area contributed by atoms with Gasteiger partial charge in [-0.2, -0.15) is 0 Å². The second-order valence-corrected chi connectivity index (χ2v) is 4.06. The summed E-state index contributed by atoms with van der Waals surface area (Å²) in [7, 11) is 0. The van der Waals surface area contributed by atoms with Crippen LogP contribution in [-0.2, 0) is 4.47 Å². The van der Waals surface area contributed by atoms with Gasteiger partial charge in [-0.3, -0.25) is 9.59 Å². The Morgan fingerprint density at radius 3 is 1.24 bits per heavy atom. The Morgan fingerprint density at radius 2 is 0.905 bits per heavy atom. The molecule has 6 nitrogen and oxygen atoms in total. The van der Waals surface area contributed by atoms with Crippen molar-refractivity contribution in [2.45, 2.75) is 0 Å². The van der Waals surface area contributed by atoms with Crippen LogP contribution < -0.4 is 21.1 Å². The molecule has 21 heavy (non-hydrogen) atoms. The van der Waals surface area contributed by atoms with Crippen LogP contribution in [0.4, 0.5) is 0 Å². The van der Waals surface area contributed by atoms with Gasteiger partial charge >= 0.3 is 32.3 Å². The van der Waals surface area contributed by atoms with Crippen molar-refractivity contribution in [2.75, 3.05) is 0 Å². The Kier molecular flexibility index (Phi) is 10.7. The molecule has 0 bridgehead atoms. The summed E-state index contributed by atoms with van der Waals surface area (Å²) in [6.07, 6.45) is 0. The SMILES string of the molecule is O=c1cccccc1[O-].O=c1cccccc1[O-].[O]=[U+2]=[O]. The fourth-order valence-electron chi connectivity index (χ4n) is 1.03. The maximum atomic E-state index is 10.5. The molecule has 0 radical (unpaired) electrons. The summed E-state index contributed by atoms with van der Waals surface area (Å²) in [6, 6.07) is 14.5. The summed E-state index contributed by atoms with van der Waals surface area (Å²) in [6.45, 7) is 0. The van der Waals surface area contributed by atoms with Gasteiger partial charge in [0.1, 0.15) is 0 Å². The van der Waals surface area contributed by atoms with Crippen LogP contribution in [0.15, 0.2) is 70.3 Å². The Hall–Kier alpha value is -1.97. The first-order chi connectivity index (χ1) is 10.0. The van der Waals surface area contributed by atoms with Crippen LogP contribution in [-0.4, -0.2) is 0 Å². The van der Waals surface area contributed by atoms with Crippen LogP contribution in [0.25, 0.3) is 0 Å². The Morgan fingerprint density at radius 1 is 0.619 bits per heavy atom. The van der Waals surface area contributed by atoms with E-state index >= 15 is 0 Å². The average Bonchev–Trinajstić information content (AvgIpc) is 2.75. The molecule has 0 aromatic heterocycles. The van der Waals surface area contributed by atoms with E-state index < -0.39 is 50.2 Å². The second kappa shape index (κ2) is 11.8. The van der Waals surface area contributed by atoms with E-state index in [-0.39, 0.29) is 0 Å². The van der Waals surface area contributed by atoms with Crippen LogP contribution in [0.1, 0.15) is 0 Å². The average molecular weight is 512 g/mol. The molecule has 0 aliphatic rings. The van der Waals surface area contributed by atoms with Gasteiger partial charge in [0.05, 0.1) is 0 Å². The van der Waals surface area contributed by atoms with Crippen molar-refractivity contribution in [1.29, 1.82) is 0 Å². The first-order valence-electron chi connectivity index (χ1n) is 5.55. The predicted molar refractivity (Wildman–Crippen MR) is 65.7 cm³/mol. The normalized spacial score (nSPS) is 8.00. The zero-order valence-electron chi connectivity index (χ0n) is 10.7. The first-order valence-corrected chi connectivity index (χ1v) is 8.95. The molecule has 2 aromatic carbocycles. The van der Waals surface area contributed by atoms with Gasteiger partial charge in [0, 0.05) is 0 Å². The van der Waals surface area contributed by atoms with Gasteiger partial charge in [-0.1, -0.05) is 60.0 Å². The molecule has 7 heteroatoms. The van der Waals surface area contributed by atoms with E-state index in [2.05, 4.69) is 0 Å². The number of hydrogen-bond acceptors (Lipinski definition) is 6. The summed E-state index contributed by atoms with van der Waals surface area (Å²) in [5.74, 6) is -0.917. The van der Waals surface area contributed by atoms with Crippen molar-refractivity contribution in [1.82, 2.24) is 0 Å². The van der Waals surface area contributed by atoms with Crippen LogP contribution in [0, 0.1) is 27.8 Å². The molecule has 0 heterocycles. The Balaban J connectivity index is 0.000000322. The fourth-order valence-corrected chi connectivity index (χ4v) is 1.03. The standard InChI is InChI=1S/2C7H6O2.2O.U/c2*8-6-4-2-1-3-5-7(6)9;;;/h2*1-5H,(H,8,9);;;/q;;;;+2/p-2. The molecule has 0 atom stereocenters. The minimum absolute atomic E-state index is 0.458. The van der Waals surface area contributed by atoms with Gasteiger partial charge < -0.3 is 10.2 Å². The number of hydrogen-bond donors (Lipinski definition) is 0. The molecule has 0 aliphatic heterocycles. The van der Waals surface area contributed by atoms with Crippen molar-refractivity contribution in [3.8, 4) is 11.5 Å². The summed E-state index contributed by atoms with van der Waals surface area (Å²) in [5.41, 5.74) is -0.917. The van der Waals surface area contributed by atoms with E-state index in [9.17, 15) is 19.8 Å². The molecule has 0 saturated carbocycles. The molecule has 0 N–H and O–H groups in total. The Bertz CT molecular complexity index is 654. The molecule has 0 aliphatic carbocycles. The molecule has 0 spiro atoms. The predicted octanol–water partition coefficient (Wildman–Crippen LogP) is 0.00320. The quantitative estimate of drug-likeness (QED) is 0.491. The van der Waals surface area contributed by atoms with Crippen LogP contribution in [0.5, 0.6) is 11.5 Å². The third-order valence-electron chi connectivity index (χ3n) is 1.92. The molecule has 2 rings (SSSR count). The fraction of sp³-hybridized carbons (Fsp3) is 0. The van der Waals surface area contributed by atoms with E-state index in [4.69, 9.17) is 4.47 Å². The van der Waals surface area contributed by atoms with Crippen molar-refractivity contribution < 1.29 is 42.5 Å². The van der Waals surface area contributed by atoms with E-state index in [0.29, 0.717) is 0 Å². The molecule has 0 unspecified atom stereocenters. The molecule has 0 fully saturated rings. The zero-order valence-corrected chi connectivity index (χ0v) is 14.9. The summed E-state index contributed by atoms with van der Waals surface area (Å²) >= 11 is -2.51. The summed E-state index contributed by atoms with van der Waals surface area (Å²) in [4.78, 5) is 21.0. The molecular formula is C14H10O6U. The topological polar surface area (TPSA) is 114 Å². The van der Waals surface area contributed by atoms with E-state index in [0.717, 1.165) is 0 Å². The van der Waals surface area contributed by atoms with Gasteiger partial charge in [0.2, 0.25) is 0 Å². The molecule has 0 saturated heterocycles. The van der Waals surface area contributed by atoms with Crippen LogP contribution in [0.3, 0.4) is 0 Å². The van der Waals surface area contributed by atoms with Gasteiger partial charge in [0.25, 0.3) is 0 Å². The van der Waals surface area contributed by atoms with Crippen LogP contribution >= 0.6 is 0 Å². The van der Waals surface area contributed by atoms with Gasteiger partial charge in [0.15, 0.2) is 10.9 Å². The Labute approximate surface area is 134 Å². The minimum atomic E-state index is -2.51. The van der Waals surface area contributed by atoms with E-state index in [1.165, 1.54) is 24.3 Å². The summed E-state index contributed by atoms with van der Waals surface area (Å²) in [5, 5.41) is 21.0. The molecular weight excluding hydrogens is 502 g/mol. The van der Waals surface area contributed by atoms with Crippen molar-refractivity contribution >= 4 is 0 Å². The molecule has 2 aromatic rings. The van der Waals surface area contributed by atoms with Gasteiger partial charge in [-0.15, -0.1) is 0 Å². The van der Waals surface area contributed by atoms with Crippen molar-refractivity contribution in [3.63, 3.8) is 0 Å². The summed E-state index contributed by atoms with van der Waals surface area (Å²) < 4.78 is 17.2. The number of rotatable bonds is 0. The molecule has 0 amide bonds. The third-order valence-corrected chi connectivity index (χ3v) is 1.92. The van der Waals surface area contributed by atoms with E-state index in [1.807, 2.05) is 0 Å². The van der Waals surface area contributed by atoms with Gasteiger partial charge in [-0.05, 0) is 12.1 Å². The third kappa shape index (κ3) is 9.55. The second-order valence-electron chi connectivity index (χ2n) is 3.36. The van der Waals surface area contributed by atoms with Gasteiger partial charge in [-0.25, -0.2) is 0 Å². The zero-order chi connectivity index (χ0) is 16.1. The maximum absolute atomic E-state index is 10.5. The van der Waals surface area contributed by atoms with E-state index in [1.54, 1.807) is 36.4 Å².